The molecule has 1 N–H and O–H groups in total. The smallest absolute Gasteiger partial charge is 0.134 e. The van der Waals surface area contributed by atoms with Crippen LogP contribution in [-0.2, 0) is 0 Å². The number of benzene rings is 1. The average molecular weight is 285 g/mol. The van der Waals surface area contributed by atoms with Gasteiger partial charge in [-0.15, -0.1) is 0 Å². The normalized spacial score (nSPS) is 26.3. The average Bonchev–Trinajstić information content (AvgIpc) is 2.88. The molecule has 0 bridgehead atoms. The number of aryl methyl sites for hydroxylation is 1. The van der Waals surface area contributed by atoms with E-state index in [1.807, 2.05) is 0 Å². The fourth-order valence-electron chi connectivity index (χ4n) is 3.73. The number of nitrogens with one attached hydrogen (secondary N) is 1. The maximum absolute atomic E-state index is 6.19. The lowest BCUT2D eigenvalue weighted by molar-refractivity contribution is 0.222. The molecule has 3 atom stereocenters. The van der Waals surface area contributed by atoms with E-state index in [9.17, 15) is 0 Å². The van der Waals surface area contributed by atoms with Gasteiger partial charge in [-0.05, 0) is 62.9 Å². The van der Waals surface area contributed by atoms with Crippen LogP contribution in [0.5, 0.6) is 0 Å². The highest BCUT2D eigenvalue weighted by Crippen LogP contribution is 2.42. The van der Waals surface area contributed by atoms with Gasteiger partial charge in [-0.3, -0.25) is 0 Å². The minimum absolute atomic E-state index is 0.570. The van der Waals surface area contributed by atoms with Gasteiger partial charge in [0.15, 0.2) is 0 Å². The Labute approximate surface area is 127 Å². The lowest BCUT2D eigenvalue weighted by Crippen LogP contribution is -2.31. The van der Waals surface area contributed by atoms with E-state index >= 15 is 0 Å². The predicted molar refractivity (Wildman–Crippen MR) is 88.7 cm³/mol. The van der Waals surface area contributed by atoms with Gasteiger partial charge < -0.3 is 9.73 Å². The molecule has 1 heterocycles. The molecule has 1 aliphatic rings. The van der Waals surface area contributed by atoms with Gasteiger partial charge in [0.25, 0.3) is 0 Å². The Morgan fingerprint density at radius 1 is 1.24 bits per heavy atom. The van der Waals surface area contributed by atoms with E-state index in [2.05, 4.69) is 50.4 Å². The maximum atomic E-state index is 6.19. The molecule has 1 saturated carbocycles. The lowest BCUT2D eigenvalue weighted by atomic mass is 9.73. The van der Waals surface area contributed by atoms with Gasteiger partial charge in [-0.1, -0.05) is 31.9 Å². The summed E-state index contributed by atoms with van der Waals surface area (Å²) in [4.78, 5) is 0. The maximum Gasteiger partial charge on any atom is 0.134 e. The minimum atomic E-state index is 0.570. The Kier molecular flexibility index (Phi) is 4.34. The Bertz CT molecular complexity index is 599. The van der Waals surface area contributed by atoms with E-state index in [-0.39, 0.29) is 0 Å². The minimum Gasteiger partial charge on any atom is -0.461 e. The van der Waals surface area contributed by atoms with E-state index in [1.54, 1.807) is 0 Å². The van der Waals surface area contributed by atoms with Gasteiger partial charge >= 0.3 is 0 Å². The standard InChI is InChI=1S/C19H27NO/c1-4-20-12-15-7-5-14(3)10-17(15)19-11-16-9-13(2)6-8-18(16)21-19/h6,8-9,11,14-15,17,20H,4-5,7,10,12H2,1-3H3. The van der Waals surface area contributed by atoms with Crippen LogP contribution in [0.1, 0.15) is 50.4 Å². The van der Waals surface area contributed by atoms with Crippen molar-refractivity contribution in [3.63, 3.8) is 0 Å². The third-order valence-corrected chi connectivity index (χ3v) is 4.97. The van der Waals surface area contributed by atoms with Crippen molar-refractivity contribution in [1.29, 1.82) is 0 Å². The van der Waals surface area contributed by atoms with E-state index in [4.69, 9.17) is 4.42 Å². The molecule has 0 saturated heterocycles. The molecule has 2 heteroatoms. The highest BCUT2D eigenvalue weighted by Gasteiger charge is 2.31. The zero-order valence-corrected chi connectivity index (χ0v) is 13.5. The van der Waals surface area contributed by atoms with Crippen molar-refractivity contribution >= 4 is 11.0 Å². The van der Waals surface area contributed by atoms with Crippen LogP contribution in [-0.4, -0.2) is 13.1 Å². The zero-order chi connectivity index (χ0) is 14.8. The second kappa shape index (κ2) is 6.23. The van der Waals surface area contributed by atoms with E-state index in [1.165, 1.54) is 36.0 Å². The van der Waals surface area contributed by atoms with Crippen molar-refractivity contribution in [2.24, 2.45) is 11.8 Å². The second-order valence-electron chi connectivity index (χ2n) is 6.78. The molecule has 0 amide bonds. The monoisotopic (exact) mass is 285 g/mol. The predicted octanol–water partition coefficient (Wildman–Crippen LogP) is 4.87. The van der Waals surface area contributed by atoms with Crippen LogP contribution in [0.3, 0.4) is 0 Å². The van der Waals surface area contributed by atoms with Crippen molar-refractivity contribution in [1.82, 2.24) is 5.32 Å². The van der Waals surface area contributed by atoms with Crippen molar-refractivity contribution in [2.45, 2.75) is 46.0 Å². The first-order valence-corrected chi connectivity index (χ1v) is 8.38. The third kappa shape index (κ3) is 3.16. The van der Waals surface area contributed by atoms with Crippen LogP contribution >= 0.6 is 0 Å². The largest absolute Gasteiger partial charge is 0.461 e. The van der Waals surface area contributed by atoms with E-state index in [0.29, 0.717) is 11.8 Å². The Morgan fingerprint density at radius 3 is 2.90 bits per heavy atom. The molecule has 2 aromatic rings. The molecule has 1 aromatic carbocycles. The summed E-state index contributed by atoms with van der Waals surface area (Å²) in [5, 5.41) is 4.79. The SMILES string of the molecule is CCNCC1CCC(C)CC1c1cc2cc(C)ccc2o1. The summed E-state index contributed by atoms with van der Waals surface area (Å²) in [7, 11) is 0. The summed E-state index contributed by atoms with van der Waals surface area (Å²) in [6, 6.07) is 8.76. The quantitative estimate of drug-likeness (QED) is 0.867. The number of rotatable bonds is 4. The summed E-state index contributed by atoms with van der Waals surface area (Å²) in [6.07, 6.45) is 3.93. The van der Waals surface area contributed by atoms with Crippen molar-refractivity contribution in [3.05, 3.63) is 35.6 Å². The van der Waals surface area contributed by atoms with Crippen LogP contribution in [0, 0.1) is 18.8 Å². The summed E-state index contributed by atoms with van der Waals surface area (Å²) in [6.45, 7) is 8.87. The Hall–Kier alpha value is -1.28. The first-order chi connectivity index (χ1) is 10.2. The lowest BCUT2D eigenvalue weighted by Gasteiger charge is -2.33. The second-order valence-corrected chi connectivity index (χ2v) is 6.78. The third-order valence-electron chi connectivity index (χ3n) is 4.97. The molecule has 0 spiro atoms. The Balaban J connectivity index is 1.88. The number of hydrogen-bond donors (Lipinski definition) is 1. The first kappa shape index (κ1) is 14.6. The molecule has 3 unspecified atom stereocenters. The van der Waals surface area contributed by atoms with E-state index in [0.717, 1.165) is 24.6 Å². The van der Waals surface area contributed by atoms with Crippen LogP contribution in [0.4, 0.5) is 0 Å². The molecule has 114 valence electrons. The molecular formula is C19H27NO. The van der Waals surface area contributed by atoms with Crippen molar-refractivity contribution in [3.8, 4) is 0 Å². The summed E-state index contributed by atoms with van der Waals surface area (Å²) in [5.41, 5.74) is 2.34. The fraction of sp³-hybridized carbons (Fsp3) is 0.579. The highest BCUT2D eigenvalue weighted by molar-refractivity contribution is 5.78. The number of fused-ring (bicyclic) bond motifs is 1. The first-order valence-electron chi connectivity index (χ1n) is 8.38. The van der Waals surface area contributed by atoms with Crippen LogP contribution < -0.4 is 5.32 Å². The van der Waals surface area contributed by atoms with Gasteiger partial charge in [0, 0.05) is 11.3 Å². The zero-order valence-electron chi connectivity index (χ0n) is 13.5. The molecule has 1 aromatic heterocycles. The van der Waals surface area contributed by atoms with Gasteiger partial charge in [0.05, 0.1) is 0 Å². The van der Waals surface area contributed by atoms with Gasteiger partial charge in [0.2, 0.25) is 0 Å². The molecule has 2 nitrogen and oxygen atoms in total. The van der Waals surface area contributed by atoms with E-state index < -0.39 is 0 Å². The molecule has 0 radical (unpaired) electrons. The van der Waals surface area contributed by atoms with Crippen LogP contribution in [0.25, 0.3) is 11.0 Å². The summed E-state index contributed by atoms with van der Waals surface area (Å²) < 4.78 is 6.19. The summed E-state index contributed by atoms with van der Waals surface area (Å²) >= 11 is 0. The topological polar surface area (TPSA) is 25.2 Å². The fourth-order valence-corrected chi connectivity index (χ4v) is 3.73. The molecule has 1 fully saturated rings. The van der Waals surface area contributed by atoms with Crippen molar-refractivity contribution in [2.75, 3.05) is 13.1 Å². The number of furan rings is 1. The van der Waals surface area contributed by atoms with Gasteiger partial charge in [-0.2, -0.15) is 0 Å². The molecular weight excluding hydrogens is 258 g/mol. The van der Waals surface area contributed by atoms with Crippen molar-refractivity contribution < 1.29 is 4.42 Å². The van der Waals surface area contributed by atoms with Crippen LogP contribution in [0.15, 0.2) is 28.7 Å². The molecule has 3 rings (SSSR count). The highest BCUT2D eigenvalue weighted by atomic mass is 16.3. The molecule has 21 heavy (non-hydrogen) atoms. The van der Waals surface area contributed by atoms with Gasteiger partial charge in [-0.25, -0.2) is 0 Å². The number of hydrogen-bond acceptors (Lipinski definition) is 2. The van der Waals surface area contributed by atoms with Gasteiger partial charge in [0.1, 0.15) is 11.3 Å². The molecule has 1 aliphatic carbocycles. The molecule has 0 aliphatic heterocycles. The summed E-state index contributed by atoms with van der Waals surface area (Å²) in [5.74, 6) is 3.29. The Morgan fingerprint density at radius 2 is 2.10 bits per heavy atom. The van der Waals surface area contributed by atoms with Crippen LogP contribution in [0.2, 0.25) is 0 Å².